The van der Waals surface area contributed by atoms with Gasteiger partial charge in [-0.3, -0.25) is 11.3 Å². The van der Waals surface area contributed by atoms with Gasteiger partial charge in [0.15, 0.2) is 0 Å². The third-order valence-electron chi connectivity index (χ3n) is 4.06. The predicted molar refractivity (Wildman–Crippen MR) is 77.5 cm³/mol. The summed E-state index contributed by atoms with van der Waals surface area (Å²) in [5, 5.41) is 0.846. The molecule has 0 aliphatic heterocycles. The maximum Gasteiger partial charge on any atom is 0.0438 e. The van der Waals surface area contributed by atoms with Gasteiger partial charge in [-0.05, 0) is 36.8 Å². The molecule has 1 aliphatic rings. The molecule has 2 rings (SSSR count). The highest BCUT2D eigenvalue weighted by Crippen LogP contribution is 2.29. The van der Waals surface area contributed by atoms with Crippen molar-refractivity contribution in [1.82, 2.24) is 5.43 Å². The van der Waals surface area contributed by atoms with Crippen LogP contribution in [0.1, 0.15) is 44.1 Å². The molecule has 18 heavy (non-hydrogen) atoms. The molecule has 1 aliphatic carbocycles. The smallest absolute Gasteiger partial charge is 0.0438 e. The number of benzene rings is 1. The van der Waals surface area contributed by atoms with Gasteiger partial charge in [-0.1, -0.05) is 55.5 Å². The van der Waals surface area contributed by atoms with Gasteiger partial charge >= 0.3 is 0 Å². The Kier molecular flexibility index (Phi) is 5.48. The van der Waals surface area contributed by atoms with Crippen LogP contribution in [-0.4, -0.2) is 6.04 Å². The van der Waals surface area contributed by atoms with E-state index < -0.39 is 0 Å². The van der Waals surface area contributed by atoms with E-state index in [1.807, 2.05) is 18.2 Å². The van der Waals surface area contributed by atoms with Crippen molar-refractivity contribution in [1.29, 1.82) is 0 Å². The van der Waals surface area contributed by atoms with Crippen molar-refractivity contribution in [3.05, 3.63) is 34.9 Å². The second kappa shape index (κ2) is 7.13. The highest BCUT2D eigenvalue weighted by atomic mass is 35.5. The van der Waals surface area contributed by atoms with Crippen LogP contribution in [0.4, 0.5) is 0 Å². The maximum atomic E-state index is 6.18. The molecule has 1 fully saturated rings. The van der Waals surface area contributed by atoms with E-state index in [1.54, 1.807) is 0 Å². The Morgan fingerprint density at radius 2 is 2.00 bits per heavy atom. The zero-order valence-electron chi connectivity index (χ0n) is 10.9. The molecular weight excluding hydrogens is 244 g/mol. The zero-order chi connectivity index (χ0) is 12.8. The molecule has 0 radical (unpaired) electrons. The number of nitrogens with one attached hydrogen (secondary N) is 1. The van der Waals surface area contributed by atoms with E-state index in [1.165, 1.54) is 37.7 Å². The lowest BCUT2D eigenvalue weighted by molar-refractivity contribution is 0.407. The Morgan fingerprint density at radius 1 is 1.28 bits per heavy atom. The molecule has 0 bridgehead atoms. The van der Waals surface area contributed by atoms with Crippen LogP contribution in [0.2, 0.25) is 5.02 Å². The first-order chi connectivity index (χ1) is 8.79. The molecule has 3 heteroatoms. The van der Waals surface area contributed by atoms with Crippen molar-refractivity contribution in [3.63, 3.8) is 0 Å². The van der Waals surface area contributed by atoms with E-state index in [4.69, 9.17) is 17.4 Å². The van der Waals surface area contributed by atoms with E-state index in [9.17, 15) is 0 Å². The standard InChI is InChI=1S/C15H23ClN2/c16-15-8-4-3-7-13(15)11-14(18-17)10-9-12-5-1-2-6-12/h3-4,7-8,12,14,18H,1-2,5-6,9-11,17H2. The Labute approximate surface area is 115 Å². The Morgan fingerprint density at radius 3 is 2.67 bits per heavy atom. The highest BCUT2D eigenvalue weighted by molar-refractivity contribution is 6.31. The molecular formula is C15H23ClN2. The minimum Gasteiger partial charge on any atom is -0.271 e. The monoisotopic (exact) mass is 266 g/mol. The van der Waals surface area contributed by atoms with Crippen LogP contribution in [-0.2, 0) is 6.42 Å². The van der Waals surface area contributed by atoms with Crippen molar-refractivity contribution in [3.8, 4) is 0 Å². The second-order valence-corrected chi connectivity index (χ2v) is 5.79. The van der Waals surface area contributed by atoms with Crippen LogP contribution < -0.4 is 11.3 Å². The molecule has 0 aromatic heterocycles. The molecule has 1 aromatic rings. The van der Waals surface area contributed by atoms with Crippen molar-refractivity contribution in [2.24, 2.45) is 11.8 Å². The molecule has 0 spiro atoms. The Balaban J connectivity index is 1.83. The number of hydrogen-bond donors (Lipinski definition) is 2. The van der Waals surface area contributed by atoms with Crippen LogP contribution >= 0.6 is 11.6 Å². The van der Waals surface area contributed by atoms with E-state index in [0.717, 1.165) is 23.8 Å². The van der Waals surface area contributed by atoms with Gasteiger partial charge in [-0.2, -0.15) is 0 Å². The summed E-state index contributed by atoms with van der Waals surface area (Å²) in [6.07, 6.45) is 8.99. The first-order valence-corrected chi connectivity index (χ1v) is 7.37. The van der Waals surface area contributed by atoms with Crippen molar-refractivity contribution in [2.45, 2.75) is 51.0 Å². The normalized spacial score (nSPS) is 18.1. The molecule has 1 saturated carbocycles. The van der Waals surface area contributed by atoms with Gasteiger partial charge in [-0.25, -0.2) is 0 Å². The lowest BCUT2D eigenvalue weighted by atomic mass is 9.95. The molecule has 1 unspecified atom stereocenters. The largest absolute Gasteiger partial charge is 0.271 e. The minimum absolute atomic E-state index is 0.338. The summed E-state index contributed by atoms with van der Waals surface area (Å²) in [5.74, 6) is 6.59. The fourth-order valence-electron chi connectivity index (χ4n) is 2.91. The van der Waals surface area contributed by atoms with Gasteiger partial charge < -0.3 is 0 Å². The van der Waals surface area contributed by atoms with E-state index in [2.05, 4.69) is 11.5 Å². The summed E-state index contributed by atoms with van der Waals surface area (Å²) in [5.41, 5.74) is 4.13. The average molecular weight is 267 g/mol. The quantitative estimate of drug-likeness (QED) is 0.609. The highest BCUT2D eigenvalue weighted by Gasteiger charge is 2.17. The third kappa shape index (κ3) is 3.98. The number of nitrogens with two attached hydrogens (primary N) is 1. The van der Waals surface area contributed by atoms with Crippen LogP contribution in [0, 0.1) is 5.92 Å². The van der Waals surface area contributed by atoms with Crippen molar-refractivity contribution >= 4 is 11.6 Å². The van der Waals surface area contributed by atoms with Gasteiger partial charge in [0, 0.05) is 11.1 Å². The lowest BCUT2D eigenvalue weighted by Crippen LogP contribution is -2.37. The zero-order valence-corrected chi connectivity index (χ0v) is 11.6. The minimum atomic E-state index is 0.338. The molecule has 100 valence electrons. The summed E-state index contributed by atoms with van der Waals surface area (Å²) in [7, 11) is 0. The lowest BCUT2D eigenvalue weighted by Gasteiger charge is -2.18. The molecule has 2 nitrogen and oxygen atoms in total. The summed E-state index contributed by atoms with van der Waals surface area (Å²) in [4.78, 5) is 0. The number of halogens is 1. The number of hydrogen-bond acceptors (Lipinski definition) is 2. The van der Waals surface area contributed by atoms with Crippen LogP contribution in [0.5, 0.6) is 0 Å². The van der Waals surface area contributed by atoms with Crippen molar-refractivity contribution < 1.29 is 0 Å². The molecule has 0 amide bonds. The van der Waals surface area contributed by atoms with E-state index in [-0.39, 0.29) is 0 Å². The maximum absolute atomic E-state index is 6.18. The molecule has 1 atom stereocenters. The number of rotatable bonds is 6. The van der Waals surface area contributed by atoms with Gasteiger partial charge in [0.1, 0.15) is 0 Å². The third-order valence-corrected chi connectivity index (χ3v) is 4.43. The number of hydrazine groups is 1. The average Bonchev–Trinajstić information content (AvgIpc) is 2.90. The van der Waals surface area contributed by atoms with Gasteiger partial charge in [0.05, 0.1) is 0 Å². The van der Waals surface area contributed by atoms with Crippen LogP contribution in [0.25, 0.3) is 0 Å². The Bertz CT molecular complexity index is 361. The summed E-state index contributed by atoms with van der Waals surface area (Å²) in [6, 6.07) is 8.37. The SMILES string of the molecule is NNC(CCC1CCCC1)Cc1ccccc1Cl. The van der Waals surface area contributed by atoms with Crippen molar-refractivity contribution in [2.75, 3.05) is 0 Å². The first kappa shape index (κ1) is 13.9. The summed E-state index contributed by atoms with van der Waals surface area (Å²) in [6.45, 7) is 0. The van der Waals surface area contributed by atoms with Gasteiger partial charge in [0.2, 0.25) is 0 Å². The van der Waals surface area contributed by atoms with Crippen LogP contribution in [0.3, 0.4) is 0 Å². The topological polar surface area (TPSA) is 38.0 Å². The molecule has 0 heterocycles. The predicted octanol–water partition coefficient (Wildman–Crippen LogP) is 3.68. The second-order valence-electron chi connectivity index (χ2n) is 5.39. The van der Waals surface area contributed by atoms with E-state index in [0.29, 0.717) is 6.04 Å². The summed E-state index contributed by atoms with van der Waals surface area (Å²) < 4.78 is 0. The molecule has 1 aromatic carbocycles. The van der Waals surface area contributed by atoms with Gasteiger partial charge in [0.25, 0.3) is 0 Å². The van der Waals surface area contributed by atoms with Gasteiger partial charge in [-0.15, -0.1) is 0 Å². The first-order valence-electron chi connectivity index (χ1n) is 6.99. The fraction of sp³-hybridized carbons (Fsp3) is 0.600. The molecule has 3 N–H and O–H groups in total. The molecule has 0 saturated heterocycles. The van der Waals surface area contributed by atoms with Crippen LogP contribution in [0.15, 0.2) is 24.3 Å². The fourth-order valence-corrected chi connectivity index (χ4v) is 3.12. The summed E-state index contributed by atoms with van der Waals surface area (Å²) >= 11 is 6.18. The van der Waals surface area contributed by atoms with E-state index >= 15 is 0 Å². The Hall–Kier alpha value is -0.570.